The van der Waals surface area contributed by atoms with E-state index < -0.39 is 53.3 Å². The highest BCUT2D eigenvalue weighted by atomic mass is 79.9. The summed E-state index contributed by atoms with van der Waals surface area (Å²) in [4.78, 5) is 28.9. The topological polar surface area (TPSA) is 132 Å². The van der Waals surface area contributed by atoms with E-state index in [2.05, 4.69) is 31.0 Å². The lowest BCUT2D eigenvalue weighted by molar-refractivity contribution is -0.131. The minimum absolute atomic E-state index is 0.00281. The van der Waals surface area contributed by atoms with Gasteiger partial charge in [-0.05, 0) is 24.3 Å². The molecule has 14 heteroatoms. The first-order valence-corrected chi connectivity index (χ1v) is 11.8. The molecule has 0 spiro atoms. The van der Waals surface area contributed by atoms with E-state index in [0.717, 1.165) is 16.2 Å². The van der Waals surface area contributed by atoms with Crippen molar-refractivity contribution in [1.29, 1.82) is 5.26 Å². The Morgan fingerprint density at radius 2 is 2.03 bits per heavy atom. The highest BCUT2D eigenvalue weighted by Gasteiger charge is 2.47. The van der Waals surface area contributed by atoms with E-state index in [1.165, 1.54) is 17.5 Å². The van der Waals surface area contributed by atoms with Crippen LogP contribution in [-0.4, -0.2) is 55.2 Å². The largest absolute Gasteiger partial charge is 0.342 e. The number of benzene rings is 1. The van der Waals surface area contributed by atoms with Gasteiger partial charge in [-0.2, -0.15) is 5.26 Å². The van der Waals surface area contributed by atoms with Crippen LogP contribution in [0.4, 0.5) is 13.9 Å². The summed E-state index contributed by atoms with van der Waals surface area (Å²) in [5.41, 5.74) is -0.158. The molecule has 2 N–H and O–H groups in total. The van der Waals surface area contributed by atoms with Crippen LogP contribution in [-0.2, 0) is 14.8 Å². The third kappa shape index (κ3) is 5.54. The summed E-state index contributed by atoms with van der Waals surface area (Å²) < 4.78 is 54.6. The smallest absolute Gasteiger partial charge is 0.271 e. The normalized spacial score (nSPS) is 17.7. The maximum atomic E-state index is 13.4. The molecule has 2 amide bonds. The zero-order valence-electron chi connectivity index (χ0n) is 15.5. The first-order valence-electron chi connectivity index (χ1n) is 8.60. The van der Waals surface area contributed by atoms with Crippen molar-refractivity contribution in [3.63, 3.8) is 0 Å². The molecule has 1 aliphatic heterocycles. The number of hydrogen-bond acceptors (Lipinski definition) is 7. The molecular weight excluding hydrogens is 520 g/mol. The van der Waals surface area contributed by atoms with Gasteiger partial charge in [0.25, 0.3) is 21.9 Å². The third-order valence-corrected chi connectivity index (χ3v) is 6.99. The monoisotopic (exact) mass is 533 g/mol. The number of carbonyl (C=O) groups excluding carboxylic acids is 2. The fourth-order valence-electron chi connectivity index (χ4n) is 2.75. The predicted molar refractivity (Wildman–Crippen MR) is 110 cm³/mol. The number of alkyl halides is 2. The lowest BCUT2D eigenvalue weighted by Gasteiger charge is -2.19. The Hall–Kier alpha value is -2.63. The van der Waals surface area contributed by atoms with Crippen LogP contribution in [0.1, 0.15) is 16.9 Å². The van der Waals surface area contributed by atoms with Crippen molar-refractivity contribution in [2.24, 2.45) is 0 Å². The second-order valence-electron chi connectivity index (χ2n) is 6.51. The number of halogens is 3. The van der Waals surface area contributed by atoms with Crippen molar-refractivity contribution in [3.05, 3.63) is 39.8 Å². The van der Waals surface area contributed by atoms with Crippen LogP contribution in [0.5, 0.6) is 0 Å². The molecule has 2 heterocycles. The van der Waals surface area contributed by atoms with Gasteiger partial charge in [-0.3, -0.25) is 14.3 Å². The summed E-state index contributed by atoms with van der Waals surface area (Å²) in [5, 5.41) is 12.4. The summed E-state index contributed by atoms with van der Waals surface area (Å²) >= 11 is 4.06. The number of aromatic nitrogens is 1. The molecule has 1 aliphatic rings. The molecule has 31 heavy (non-hydrogen) atoms. The van der Waals surface area contributed by atoms with E-state index in [4.69, 9.17) is 5.26 Å². The van der Waals surface area contributed by atoms with Gasteiger partial charge in [0.15, 0.2) is 5.13 Å². The molecule has 0 bridgehead atoms. The van der Waals surface area contributed by atoms with Gasteiger partial charge in [-0.25, -0.2) is 22.2 Å². The second-order valence-corrected chi connectivity index (χ2v) is 9.96. The first kappa shape index (κ1) is 23.0. The molecule has 3 rings (SSSR count). The Morgan fingerprint density at radius 3 is 2.68 bits per heavy atom. The predicted octanol–water partition coefficient (Wildman–Crippen LogP) is 2.20. The minimum Gasteiger partial charge on any atom is -0.342 e. The van der Waals surface area contributed by atoms with Gasteiger partial charge in [-0.1, -0.05) is 15.9 Å². The molecular formula is C17H14BrF2N5O4S2. The molecule has 0 radical (unpaired) electrons. The number of nitrogens with one attached hydrogen (secondary N) is 2. The number of likely N-dealkylation sites (tertiary alicyclic amines) is 1. The molecule has 1 atom stereocenters. The van der Waals surface area contributed by atoms with Crippen LogP contribution in [0.3, 0.4) is 0 Å². The molecule has 1 aromatic heterocycles. The van der Waals surface area contributed by atoms with Crippen LogP contribution in [0.15, 0.2) is 39.0 Å². The molecule has 1 saturated heterocycles. The van der Waals surface area contributed by atoms with Crippen LogP contribution >= 0.6 is 27.3 Å². The van der Waals surface area contributed by atoms with Crippen molar-refractivity contribution in [2.45, 2.75) is 23.3 Å². The summed E-state index contributed by atoms with van der Waals surface area (Å²) in [5.74, 6) is -4.78. The van der Waals surface area contributed by atoms with Crippen molar-refractivity contribution in [2.75, 3.05) is 17.8 Å². The zero-order chi connectivity index (χ0) is 22.8. The Balaban J connectivity index is 1.60. The Kier molecular flexibility index (Phi) is 6.58. The first-order chi connectivity index (χ1) is 14.5. The molecule has 0 saturated carbocycles. The van der Waals surface area contributed by atoms with Crippen LogP contribution in [0, 0.1) is 11.3 Å². The molecule has 0 aliphatic carbocycles. The maximum Gasteiger partial charge on any atom is 0.271 e. The van der Waals surface area contributed by atoms with Gasteiger partial charge in [0.1, 0.15) is 11.7 Å². The average Bonchev–Trinajstić information content (AvgIpc) is 3.29. The van der Waals surface area contributed by atoms with Crippen molar-refractivity contribution in [3.8, 4) is 6.07 Å². The van der Waals surface area contributed by atoms with Crippen LogP contribution < -0.4 is 10.0 Å². The summed E-state index contributed by atoms with van der Waals surface area (Å²) in [6.07, 6.45) is -0.753. The fourth-order valence-corrected chi connectivity index (χ4v) is 4.96. The summed E-state index contributed by atoms with van der Waals surface area (Å²) in [6, 6.07) is 6.26. The Morgan fingerprint density at radius 1 is 1.35 bits per heavy atom. The third-order valence-electron chi connectivity index (χ3n) is 4.22. The van der Waals surface area contributed by atoms with E-state index in [1.54, 1.807) is 18.2 Å². The molecule has 2 aromatic rings. The lowest BCUT2D eigenvalue weighted by Crippen LogP contribution is -2.43. The van der Waals surface area contributed by atoms with E-state index in [1.807, 2.05) is 0 Å². The average molecular weight is 534 g/mol. The van der Waals surface area contributed by atoms with Gasteiger partial charge < -0.3 is 10.2 Å². The highest BCUT2D eigenvalue weighted by Crippen LogP contribution is 2.31. The lowest BCUT2D eigenvalue weighted by atomic mass is 10.2. The van der Waals surface area contributed by atoms with Crippen molar-refractivity contribution in [1.82, 2.24) is 15.2 Å². The summed E-state index contributed by atoms with van der Waals surface area (Å²) in [7, 11) is -3.92. The number of anilines is 1. The summed E-state index contributed by atoms with van der Waals surface area (Å²) in [6.45, 7) is -1.50. The van der Waals surface area contributed by atoms with Crippen molar-refractivity contribution < 1.29 is 26.8 Å². The number of hydrogen-bond donors (Lipinski definition) is 2. The Labute approximate surface area is 188 Å². The number of nitrogens with zero attached hydrogens (tertiary/aromatic N) is 3. The molecule has 1 aromatic carbocycles. The van der Waals surface area contributed by atoms with Gasteiger partial charge in [0, 0.05) is 16.3 Å². The molecule has 0 unspecified atom stereocenters. The molecule has 9 nitrogen and oxygen atoms in total. The van der Waals surface area contributed by atoms with Gasteiger partial charge in [0.2, 0.25) is 5.91 Å². The second kappa shape index (κ2) is 8.85. The number of amides is 2. The SMILES string of the molecule is N#C[C@@H]1CC(F)(F)CN1C(=O)CNC(=O)c1csc(NS(=O)(=O)c2ccc(Br)cc2)n1. The van der Waals surface area contributed by atoms with E-state index in [9.17, 15) is 26.8 Å². The van der Waals surface area contributed by atoms with Crippen molar-refractivity contribution >= 4 is 54.2 Å². The van der Waals surface area contributed by atoms with E-state index in [0.29, 0.717) is 4.47 Å². The molecule has 164 valence electrons. The van der Waals surface area contributed by atoms with Gasteiger partial charge in [-0.15, -0.1) is 11.3 Å². The number of sulfonamides is 1. The molecule has 1 fully saturated rings. The van der Waals surface area contributed by atoms with Crippen LogP contribution in [0.25, 0.3) is 0 Å². The minimum atomic E-state index is -3.92. The van der Waals surface area contributed by atoms with E-state index in [-0.39, 0.29) is 15.7 Å². The number of nitriles is 1. The number of thiazole rings is 1. The fraction of sp³-hybridized carbons (Fsp3) is 0.294. The van der Waals surface area contributed by atoms with Gasteiger partial charge in [0.05, 0.1) is 24.1 Å². The zero-order valence-corrected chi connectivity index (χ0v) is 18.7. The standard InChI is InChI=1S/C17H14BrF2N5O4S2/c18-10-1-3-12(4-2-10)31(28,29)24-16-23-13(8-30-16)15(27)22-7-14(26)25-9-17(19,20)5-11(25)6-21/h1-4,8,11H,5,7,9H2,(H,22,27)(H,23,24)/t11-/m0/s1. The number of carbonyl (C=O) groups is 2. The number of rotatable bonds is 6. The maximum absolute atomic E-state index is 13.4. The Bertz CT molecular complexity index is 1150. The van der Waals surface area contributed by atoms with Gasteiger partial charge >= 0.3 is 0 Å². The highest BCUT2D eigenvalue weighted by molar-refractivity contribution is 9.10. The van der Waals surface area contributed by atoms with E-state index >= 15 is 0 Å². The quantitative estimate of drug-likeness (QED) is 0.584. The van der Waals surface area contributed by atoms with Crippen LogP contribution in [0.2, 0.25) is 0 Å².